The molecule has 1 saturated heterocycles. The molecule has 19 N–H and O–H groups in total. The number of nitrogens with zero attached hydrogens (tertiary/aromatic N) is 3. The van der Waals surface area contributed by atoms with Gasteiger partial charge in [-0.1, -0.05) is 0 Å². The van der Waals surface area contributed by atoms with Crippen LogP contribution in [0.5, 0.6) is 0 Å². The molecule has 0 unspecified atom stereocenters. The van der Waals surface area contributed by atoms with Gasteiger partial charge in [0.2, 0.25) is 35.4 Å². The third-order valence-corrected chi connectivity index (χ3v) is 8.30. The van der Waals surface area contributed by atoms with Crippen LogP contribution in [0.3, 0.4) is 0 Å². The summed E-state index contributed by atoms with van der Waals surface area (Å²) >= 11 is 0. The fraction of sp³-hybridized carbons (Fsp3) is 0.710. The van der Waals surface area contributed by atoms with Gasteiger partial charge in [0.25, 0.3) is 0 Å². The summed E-state index contributed by atoms with van der Waals surface area (Å²) in [6, 6.07) is -7.14. The summed E-state index contributed by atoms with van der Waals surface area (Å²) in [6.45, 7) is 0.789. The number of rotatable bonds is 25. The van der Waals surface area contributed by atoms with E-state index >= 15 is 0 Å². The third-order valence-electron chi connectivity index (χ3n) is 8.30. The van der Waals surface area contributed by atoms with Crippen molar-refractivity contribution in [3.05, 3.63) is 0 Å². The second-order valence-corrected chi connectivity index (χ2v) is 12.7. The molecule has 0 aromatic heterocycles. The van der Waals surface area contributed by atoms with Gasteiger partial charge >= 0.3 is 5.97 Å². The highest BCUT2D eigenvalue weighted by molar-refractivity contribution is 5.96. The minimum atomic E-state index is -1.51. The molecule has 0 aromatic rings. The van der Waals surface area contributed by atoms with Crippen molar-refractivity contribution in [3.63, 3.8) is 0 Å². The summed E-state index contributed by atoms with van der Waals surface area (Å²) in [5.74, 6) is -5.99. The summed E-state index contributed by atoms with van der Waals surface area (Å²) in [4.78, 5) is 98.2. The highest BCUT2D eigenvalue weighted by Gasteiger charge is 2.35. The molecule has 1 heterocycles. The topological polar surface area (TPSA) is 404 Å². The first-order chi connectivity index (χ1) is 25.5. The molecular formula is C31H58N14O9. The Kier molecular flexibility index (Phi) is 21.5. The van der Waals surface area contributed by atoms with Gasteiger partial charge in [-0.3, -0.25) is 38.8 Å². The summed E-state index contributed by atoms with van der Waals surface area (Å²) in [7, 11) is 0. The number of nitrogens with one attached hydrogen (secondary N) is 5. The SMILES string of the molecule is C[C@H](NC(=O)[C@H](CCCCN)NC(=O)[C@H](CCCN=C(N)N)NC(=O)[C@H](N)CCCN=C(N)N)C(=O)N[C@@H](CO)C(=O)NCC(=O)N1CCC[C@@H]1C(=O)O. The number of nitrogens with two attached hydrogens (primary N) is 6. The van der Waals surface area contributed by atoms with Gasteiger partial charge in [-0.15, -0.1) is 0 Å². The number of likely N-dealkylation sites (tertiary alicyclic amines) is 1. The number of aliphatic carboxylic acids is 1. The summed E-state index contributed by atoms with van der Waals surface area (Å²) in [5, 5.41) is 31.3. The van der Waals surface area contributed by atoms with E-state index in [1.807, 2.05) is 0 Å². The number of carboxylic acids is 1. The maximum Gasteiger partial charge on any atom is 0.326 e. The third kappa shape index (κ3) is 17.5. The number of carbonyl (C=O) groups is 7. The van der Waals surface area contributed by atoms with Crippen molar-refractivity contribution in [1.29, 1.82) is 0 Å². The molecule has 6 atom stereocenters. The number of hydrogen-bond acceptors (Lipinski definition) is 12. The van der Waals surface area contributed by atoms with Gasteiger partial charge in [0, 0.05) is 19.6 Å². The maximum atomic E-state index is 13.5. The Morgan fingerprint density at radius 1 is 0.741 bits per heavy atom. The number of carbonyl (C=O) groups excluding carboxylic acids is 6. The summed E-state index contributed by atoms with van der Waals surface area (Å²) in [6.07, 6.45) is 2.73. The van der Waals surface area contributed by atoms with Crippen LogP contribution in [0.4, 0.5) is 0 Å². The number of aliphatic imine (C=N–C) groups is 2. The average Bonchev–Trinajstić information content (AvgIpc) is 3.62. The van der Waals surface area contributed by atoms with E-state index in [1.165, 1.54) is 6.92 Å². The van der Waals surface area contributed by atoms with Crippen molar-refractivity contribution in [2.75, 3.05) is 39.3 Å². The molecule has 1 rings (SSSR count). The minimum absolute atomic E-state index is 0.0689. The Labute approximate surface area is 313 Å². The molecule has 0 bridgehead atoms. The smallest absolute Gasteiger partial charge is 0.326 e. The Bertz CT molecular complexity index is 1340. The van der Waals surface area contributed by atoms with Gasteiger partial charge in [0.05, 0.1) is 19.2 Å². The fourth-order valence-corrected chi connectivity index (χ4v) is 5.32. The molecule has 0 saturated carbocycles. The second kappa shape index (κ2) is 24.9. The van der Waals surface area contributed by atoms with Crippen LogP contribution in [0, 0.1) is 0 Å². The molecule has 23 heteroatoms. The molecule has 0 radical (unpaired) electrons. The van der Waals surface area contributed by atoms with Crippen LogP contribution in [-0.2, 0) is 33.6 Å². The van der Waals surface area contributed by atoms with Crippen molar-refractivity contribution < 1.29 is 43.8 Å². The highest BCUT2D eigenvalue weighted by Crippen LogP contribution is 2.17. The van der Waals surface area contributed by atoms with Crippen LogP contribution >= 0.6 is 0 Å². The molecule has 23 nitrogen and oxygen atoms in total. The fourth-order valence-electron chi connectivity index (χ4n) is 5.32. The predicted octanol–water partition coefficient (Wildman–Crippen LogP) is -6.31. The van der Waals surface area contributed by atoms with Crippen LogP contribution in [0.15, 0.2) is 9.98 Å². The van der Waals surface area contributed by atoms with Crippen molar-refractivity contribution in [2.45, 2.75) is 101 Å². The molecule has 0 aromatic carbocycles. The average molecular weight is 771 g/mol. The van der Waals surface area contributed by atoms with Crippen molar-refractivity contribution in [1.82, 2.24) is 31.5 Å². The number of amides is 6. The monoisotopic (exact) mass is 770 g/mol. The summed E-state index contributed by atoms with van der Waals surface area (Å²) < 4.78 is 0. The van der Waals surface area contributed by atoms with E-state index in [1.54, 1.807) is 0 Å². The molecular weight excluding hydrogens is 712 g/mol. The van der Waals surface area contributed by atoms with E-state index < -0.39 is 90.8 Å². The van der Waals surface area contributed by atoms with Crippen molar-refractivity contribution >= 4 is 53.3 Å². The first-order valence-corrected chi connectivity index (χ1v) is 17.7. The highest BCUT2D eigenvalue weighted by atomic mass is 16.4. The van der Waals surface area contributed by atoms with Crippen LogP contribution in [-0.4, -0.2) is 144 Å². The number of carboxylic acid groups (broad SMARTS) is 1. The second-order valence-electron chi connectivity index (χ2n) is 12.7. The lowest BCUT2D eigenvalue weighted by Crippen LogP contribution is -2.59. The van der Waals surface area contributed by atoms with Gasteiger partial charge in [0.15, 0.2) is 11.9 Å². The number of hydrogen-bond donors (Lipinski definition) is 13. The Hall–Kier alpha value is -5.29. The van der Waals surface area contributed by atoms with Crippen LogP contribution in [0.2, 0.25) is 0 Å². The number of aliphatic hydroxyl groups is 1. The number of aliphatic hydroxyl groups excluding tert-OH is 1. The molecule has 1 aliphatic heterocycles. The lowest BCUT2D eigenvalue weighted by molar-refractivity contribution is -0.148. The lowest BCUT2D eigenvalue weighted by atomic mass is 10.0. The Morgan fingerprint density at radius 2 is 1.28 bits per heavy atom. The molecule has 6 amide bonds. The largest absolute Gasteiger partial charge is 0.480 e. The van der Waals surface area contributed by atoms with E-state index in [4.69, 9.17) is 34.4 Å². The van der Waals surface area contributed by atoms with Crippen LogP contribution < -0.4 is 61.0 Å². The Morgan fingerprint density at radius 3 is 1.83 bits per heavy atom. The molecule has 1 aliphatic rings. The molecule has 54 heavy (non-hydrogen) atoms. The van der Waals surface area contributed by atoms with Gasteiger partial charge in [-0.2, -0.15) is 0 Å². The molecule has 0 aliphatic carbocycles. The van der Waals surface area contributed by atoms with Gasteiger partial charge in [-0.25, -0.2) is 4.79 Å². The minimum Gasteiger partial charge on any atom is -0.480 e. The van der Waals surface area contributed by atoms with Crippen molar-refractivity contribution in [3.8, 4) is 0 Å². The maximum absolute atomic E-state index is 13.5. The predicted molar refractivity (Wildman–Crippen MR) is 197 cm³/mol. The Balaban J connectivity index is 2.95. The van der Waals surface area contributed by atoms with Crippen molar-refractivity contribution in [2.24, 2.45) is 44.4 Å². The molecule has 306 valence electrons. The van der Waals surface area contributed by atoms with E-state index in [0.29, 0.717) is 32.2 Å². The zero-order valence-electron chi connectivity index (χ0n) is 30.6. The summed E-state index contributed by atoms with van der Waals surface area (Å²) in [5.41, 5.74) is 33.0. The zero-order chi connectivity index (χ0) is 40.8. The van der Waals surface area contributed by atoms with Gasteiger partial charge in [-0.05, 0) is 71.3 Å². The van der Waals surface area contributed by atoms with E-state index in [2.05, 4.69) is 36.6 Å². The first kappa shape index (κ1) is 46.7. The number of guanidine groups is 2. The molecule has 1 fully saturated rings. The zero-order valence-corrected chi connectivity index (χ0v) is 30.6. The first-order valence-electron chi connectivity index (χ1n) is 17.7. The molecule has 0 spiro atoms. The number of unbranched alkanes of at least 4 members (excludes halogenated alkanes) is 1. The van der Waals surface area contributed by atoms with Crippen LogP contribution in [0.1, 0.15) is 64.7 Å². The standard InChI is InChI=1S/C31H58N14O9/c1-17(24(48)44-21(16-46)26(50)40-15-23(47)45-14-6-10-22(45)29(53)54)41-27(51)19(8-2-3-11-32)43-28(52)20(9-5-13-39-31(36)37)42-25(49)18(33)7-4-12-38-30(34)35/h17-22,46H,2-16,32-33H2,1H3,(H,40,50)(H,41,51)(H,42,49)(H,43,52)(H,44,48)(H,53,54)(H4,34,35,38)(H4,36,37,39)/t17-,18+,19-,20-,21-,22+/m0/s1. The van der Waals surface area contributed by atoms with Crippen LogP contribution in [0.25, 0.3) is 0 Å². The van der Waals surface area contributed by atoms with E-state index in [0.717, 1.165) is 4.90 Å². The van der Waals surface area contributed by atoms with Gasteiger partial charge < -0.3 is 76.1 Å². The normalized spacial score (nSPS) is 16.4. The van der Waals surface area contributed by atoms with Gasteiger partial charge in [0.1, 0.15) is 30.2 Å². The quantitative estimate of drug-likeness (QED) is 0.0233. The lowest BCUT2D eigenvalue weighted by Gasteiger charge is -2.26. The van der Waals surface area contributed by atoms with E-state index in [9.17, 15) is 43.8 Å². The van der Waals surface area contributed by atoms with E-state index in [-0.39, 0.29) is 63.7 Å².